The number of ether oxygens (including phenoxy) is 1. The van der Waals surface area contributed by atoms with E-state index in [1.807, 2.05) is 13.8 Å². The highest BCUT2D eigenvalue weighted by Gasteiger charge is 2.19. The van der Waals surface area contributed by atoms with Gasteiger partial charge in [-0.25, -0.2) is 4.39 Å². The van der Waals surface area contributed by atoms with E-state index in [1.54, 1.807) is 18.2 Å². The summed E-state index contributed by atoms with van der Waals surface area (Å²) in [5.74, 6) is -0.989. The first-order chi connectivity index (χ1) is 9.93. The summed E-state index contributed by atoms with van der Waals surface area (Å²) in [7, 11) is 1.39. The normalized spacial score (nSPS) is 10.3. The van der Waals surface area contributed by atoms with Gasteiger partial charge in [-0.2, -0.15) is 0 Å². The number of halogens is 1. The molecule has 21 heavy (non-hydrogen) atoms. The highest BCUT2D eigenvalue weighted by atomic mass is 19.1. The fourth-order valence-corrected chi connectivity index (χ4v) is 2.27. The molecule has 4 nitrogen and oxygen atoms in total. The second-order valence-electron chi connectivity index (χ2n) is 4.80. The average molecular weight is 288 g/mol. The number of benzene rings is 2. The summed E-state index contributed by atoms with van der Waals surface area (Å²) >= 11 is 0. The Labute approximate surface area is 122 Å². The highest BCUT2D eigenvalue weighted by Crippen LogP contribution is 2.26. The van der Waals surface area contributed by atoms with Crippen LogP contribution in [0.4, 0.5) is 15.8 Å². The van der Waals surface area contributed by atoms with Crippen LogP contribution in [0.2, 0.25) is 0 Å². The largest absolute Gasteiger partial charge is 0.496 e. The molecule has 110 valence electrons. The lowest BCUT2D eigenvalue weighted by Gasteiger charge is -2.14. The van der Waals surface area contributed by atoms with Gasteiger partial charge in [0.15, 0.2) is 0 Å². The zero-order valence-electron chi connectivity index (χ0n) is 12.2. The molecule has 2 aromatic rings. The van der Waals surface area contributed by atoms with Gasteiger partial charge in [0.25, 0.3) is 5.91 Å². The Kier molecular flexibility index (Phi) is 4.12. The summed E-state index contributed by atoms with van der Waals surface area (Å²) in [4.78, 5) is 12.3. The molecule has 0 aromatic heterocycles. The highest BCUT2D eigenvalue weighted by molar-refractivity contribution is 6.07. The molecule has 0 saturated heterocycles. The third-order valence-corrected chi connectivity index (χ3v) is 3.22. The Morgan fingerprint density at radius 1 is 1.24 bits per heavy atom. The molecule has 0 spiro atoms. The van der Waals surface area contributed by atoms with E-state index in [0.717, 1.165) is 11.1 Å². The molecule has 5 heteroatoms. The lowest BCUT2D eigenvalue weighted by Crippen LogP contribution is -2.16. The first kappa shape index (κ1) is 14.8. The van der Waals surface area contributed by atoms with Crippen LogP contribution in [-0.4, -0.2) is 13.0 Å². The van der Waals surface area contributed by atoms with Crippen LogP contribution in [0.3, 0.4) is 0 Å². The van der Waals surface area contributed by atoms with Gasteiger partial charge in [-0.3, -0.25) is 4.79 Å². The van der Waals surface area contributed by atoms with Crippen molar-refractivity contribution in [2.24, 2.45) is 0 Å². The minimum Gasteiger partial charge on any atom is -0.496 e. The molecule has 0 aliphatic carbocycles. The molecule has 0 radical (unpaired) electrons. The molecule has 0 aliphatic rings. The minimum absolute atomic E-state index is 0.115. The minimum atomic E-state index is -0.627. The van der Waals surface area contributed by atoms with Crippen molar-refractivity contribution in [1.82, 2.24) is 0 Å². The Morgan fingerprint density at radius 2 is 1.86 bits per heavy atom. The fourth-order valence-electron chi connectivity index (χ4n) is 2.27. The van der Waals surface area contributed by atoms with Crippen molar-refractivity contribution >= 4 is 17.3 Å². The predicted octanol–water partition coefficient (Wildman–Crippen LogP) is 3.29. The van der Waals surface area contributed by atoms with Gasteiger partial charge in [0.1, 0.15) is 17.1 Å². The van der Waals surface area contributed by atoms with Crippen LogP contribution in [0.15, 0.2) is 30.3 Å². The topological polar surface area (TPSA) is 64.3 Å². The summed E-state index contributed by atoms with van der Waals surface area (Å²) in [5.41, 5.74) is 8.51. The second-order valence-corrected chi connectivity index (χ2v) is 4.80. The van der Waals surface area contributed by atoms with Crippen LogP contribution in [-0.2, 0) is 0 Å². The monoisotopic (exact) mass is 288 g/mol. The molecule has 2 rings (SSSR count). The summed E-state index contributed by atoms with van der Waals surface area (Å²) in [6.45, 7) is 3.66. The number of amides is 1. The van der Waals surface area contributed by atoms with Gasteiger partial charge in [0.05, 0.1) is 7.11 Å². The van der Waals surface area contributed by atoms with Crippen molar-refractivity contribution < 1.29 is 13.9 Å². The molecule has 1 amide bonds. The SMILES string of the molecule is COc1cccc(F)c1C(=O)Nc1c(C)cc(N)cc1C. The second kappa shape index (κ2) is 5.83. The van der Waals surface area contributed by atoms with E-state index in [1.165, 1.54) is 19.2 Å². The number of hydrogen-bond donors (Lipinski definition) is 2. The van der Waals surface area contributed by atoms with Crippen molar-refractivity contribution in [1.29, 1.82) is 0 Å². The van der Waals surface area contributed by atoms with E-state index in [2.05, 4.69) is 5.32 Å². The number of nitrogens with one attached hydrogen (secondary N) is 1. The number of anilines is 2. The van der Waals surface area contributed by atoms with Crippen LogP contribution < -0.4 is 15.8 Å². The molecule has 0 fully saturated rings. The molecule has 2 aromatic carbocycles. The fraction of sp³-hybridized carbons (Fsp3) is 0.188. The van der Waals surface area contributed by atoms with Gasteiger partial charge in [-0.15, -0.1) is 0 Å². The molecule has 0 atom stereocenters. The van der Waals surface area contributed by atoms with Crippen LogP contribution in [0, 0.1) is 19.7 Å². The lowest BCUT2D eigenvalue weighted by molar-refractivity contribution is 0.102. The van der Waals surface area contributed by atoms with Gasteiger partial charge < -0.3 is 15.8 Å². The Hall–Kier alpha value is -2.56. The molecular formula is C16H17FN2O2. The van der Waals surface area contributed by atoms with Gasteiger partial charge in [0.2, 0.25) is 0 Å². The molecule has 0 aliphatic heterocycles. The van der Waals surface area contributed by atoms with Crippen LogP contribution in [0.25, 0.3) is 0 Å². The number of methoxy groups -OCH3 is 1. The quantitative estimate of drug-likeness (QED) is 0.852. The smallest absolute Gasteiger partial charge is 0.262 e. The third kappa shape index (κ3) is 2.97. The van der Waals surface area contributed by atoms with E-state index in [9.17, 15) is 9.18 Å². The number of carbonyl (C=O) groups excluding carboxylic acids is 1. The van der Waals surface area contributed by atoms with E-state index in [-0.39, 0.29) is 11.3 Å². The Morgan fingerprint density at radius 3 is 2.43 bits per heavy atom. The number of aryl methyl sites for hydroxylation is 2. The molecule has 3 N–H and O–H groups in total. The molecule has 0 heterocycles. The van der Waals surface area contributed by atoms with E-state index in [0.29, 0.717) is 11.4 Å². The van der Waals surface area contributed by atoms with E-state index < -0.39 is 11.7 Å². The zero-order valence-corrected chi connectivity index (χ0v) is 12.2. The summed E-state index contributed by atoms with van der Waals surface area (Å²) in [6.07, 6.45) is 0. The van der Waals surface area contributed by atoms with Gasteiger partial charge in [-0.05, 0) is 49.2 Å². The third-order valence-electron chi connectivity index (χ3n) is 3.22. The van der Waals surface area contributed by atoms with Crippen LogP contribution in [0.5, 0.6) is 5.75 Å². The number of rotatable bonds is 3. The molecule has 0 saturated carbocycles. The van der Waals surface area contributed by atoms with Crippen molar-refractivity contribution in [2.45, 2.75) is 13.8 Å². The Bertz CT molecular complexity index is 676. The molecule has 0 unspecified atom stereocenters. The first-order valence-electron chi connectivity index (χ1n) is 6.44. The Balaban J connectivity index is 2.40. The van der Waals surface area contributed by atoms with Crippen LogP contribution >= 0.6 is 0 Å². The molecular weight excluding hydrogens is 271 g/mol. The van der Waals surface area contributed by atoms with Crippen molar-refractivity contribution in [3.63, 3.8) is 0 Å². The van der Waals surface area contributed by atoms with Gasteiger partial charge in [0, 0.05) is 11.4 Å². The predicted molar refractivity (Wildman–Crippen MR) is 81.2 cm³/mol. The van der Waals surface area contributed by atoms with Crippen molar-refractivity contribution in [3.8, 4) is 5.75 Å². The van der Waals surface area contributed by atoms with Gasteiger partial charge >= 0.3 is 0 Å². The lowest BCUT2D eigenvalue weighted by atomic mass is 10.1. The van der Waals surface area contributed by atoms with E-state index in [4.69, 9.17) is 10.5 Å². The van der Waals surface area contributed by atoms with Gasteiger partial charge in [-0.1, -0.05) is 6.07 Å². The maximum atomic E-state index is 13.9. The maximum Gasteiger partial charge on any atom is 0.262 e. The van der Waals surface area contributed by atoms with Crippen molar-refractivity contribution in [2.75, 3.05) is 18.2 Å². The zero-order chi connectivity index (χ0) is 15.6. The van der Waals surface area contributed by atoms with Crippen LogP contribution in [0.1, 0.15) is 21.5 Å². The summed E-state index contributed by atoms with van der Waals surface area (Å²) in [6, 6.07) is 7.76. The standard InChI is InChI=1S/C16H17FN2O2/c1-9-7-11(18)8-10(2)15(9)19-16(20)14-12(17)5-4-6-13(14)21-3/h4-8H,18H2,1-3H3,(H,19,20). The van der Waals surface area contributed by atoms with Crippen molar-refractivity contribution in [3.05, 3.63) is 52.8 Å². The average Bonchev–Trinajstić information content (AvgIpc) is 2.42. The summed E-state index contributed by atoms with van der Waals surface area (Å²) < 4.78 is 18.9. The number of nitrogens with two attached hydrogens (primary N) is 1. The first-order valence-corrected chi connectivity index (χ1v) is 6.44. The summed E-state index contributed by atoms with van der Waals surface area (Å²) in [5, 5.41) is 2.72. The number of nitrogen functional groups attached to an aromatic ring is 1. The van der Waals surface area contributed by atoms with E-state index >= 15 is 0 Å². The molecule has 0 bridgehead atoms. The number of hydrogen-bond acceptors (Lipinski definition) is 3. The number of carbonyl (C=O) groups is 1. The maximum absolute atomic E-state index is 13.9.